The molecule has 0 saturated heterocycles. The molecular formula is C15H14ClN3OS. The minimum Gasteiger partial charge on any atom is -0.507 e. The first-order valence-corrected chi connectivity index (χ1v) is 7.03. The van der Waals surface area contributed by atoms with E-state index in [1.54, 1.807) is 12.1 Å². The van der Waals surface area contributed by atoms with Crippen molar-refractivity contribution in [3.63, 3.8) is 0 Å². The summed E-state index contributed by atoms with van der Waals surface area (Å²) < 4.78 is 0. The van der Waals surface area contributed by atoms with Gasteiger partial charge in [-0.3, -0.25) is 5.43 Å². The quantitative estimate of drug-likeness (QED) is 0.460. The highest BCUT2D eigenvalue weighted by molar-refractivity contribution is 7.80. The van der Waals surface area contributed by atoms with Gasteiger partial charge in [0.2, 0.25) is 0 Å². The van der Waals surface area contributed by atoms with Crippen molar-refractivity contribution >= 4 is 35.1 Å². The number of rotatable bonds is 4. The number of phenolic OH excluding ortho intramolecular Hbond substituents is 1. The highest BCUT2D eigenvalue weighted by Gasteiger charge is 1.99. The van der Waals surface area contributed by atoms with Crippen molar-refractivity contribution in [3.8, 4) is 5.75 Å². The van der Waals surface area contributed by atoms with Gasteiger partial charge in [-0.15, -0.1) is 0 Å². The summed E-state index contributed by atoms with van der Waals surface area (Å²) in [6.45, 7) is 0.616. The molecule has 0 unspecified atom stereocenters. The molecule has 2 rings (SSSR count). The molecule has 2 aromatic carbocycles. The van der Waals surface area contributed by atoms with Crippen molar-refractivity contribution in [1.82, 2.24) is 10.7 Å². The molecule has 3 N–H and O–H groups in total. The summed E-state index contributed by atoms with van der Waals surface area (Å²) in [5.41, 5.74) is 4.32. The summed E-state index contributed by atoms with van der Waals surface area (Å²) in [5, 5.41) is 17.5. The van der Waals surface area contributed by atoms with Crippen molar-refractivity contribution in [3.05, 3.63) is 64.7 Å². The van der Waals surface area contributed by atoms with Crippen LogP contribution in [0.5, 0.6) is 5.75 Å². The van der Waals surface area contributed by atoms with Gasteiger partial charge >= 0.3 is 0 Å². The monoisotopic (exact) mass is 319 g/mol. The minimum absolute atomic E-state index is 0.105. The molecule has 0 aliphatic rings. The Bertz CT molecular complexity index is 647. The topological polar surface area (TPSA) is 56.7 Å². The van der Waals surface area contributed by atoms with E-state index in [-0.39, 0.29) is 5.75 Å². The first-order valence-electron chi connectivity index (χ1n) is 6.24. The first-order chi connectivity index (χ1) is 10.1. The molecule has 0 spiro atoms. The van der Waals surface area contributed by atoms with E-state index in [1.165, 1.54) is 12.3 Å². The Morgan fingerprint density at radius 2 is 2.00 bits per heavy atom. The Hall–Kier alpha value is -2.11. The standard InChI is InChI=1S/C15H14ClN3OS/c16-13-6-7-14(20)12(8-13)10-18-19-15(21)17-9-11-4-2-1-3-5-11/h1-8,10,20H,9H2,(H2,17,19,21)/b18-10+. The van der Waals surface area contributed by atoms with Gasteiger partial charge in [-0.2, -0.15) is 5.10 Å². The molecule has 0 aliphatic carbocycles. The van der Waals surface area contributed by atoms with Crippen LogP contribution in [0, 0.1) is 0 Å². The van der Waals surface area contributed by atoms with Gasteiger partial charge in [0.05, 0.1) is 6.21 Å². The molecular weight excluding hydrogens is 306 g/mol. The predicted molar refractivity (Wildman–Crippen MR) is 89.7 cm³/mol. The number of nitrogens with one attached hydrogen (secondary N) is 2. The van der Waals surface area contributed by atoms with Gasteiger partial charge in [-0.05, 0) is 36.0 Å². The summed E-state index contributed by atoms with van der Waals surface area (Å²) in [7, 11) is 0. The highest BCUT2D eigenvalue weighted by atomic mass is 35.5. The van der Waals surface area contributed by atoms with E-state index < -0.39 is 0 Å². The van der Waals surface area contributed by atoms with E-state index in [0.717, 1.165) is 5.56 Å². The van der Waals surface area contributed by atoms with Gasteiger partial charge < -0.3 is 10.4 Å². The fourth-order valence-electron chi connectivity index (χ4n) is 1.61. The molecule has 0 heterocycles. The molecule has 108 valence electrons. The third-order valence-electron chi connectivity index (χ3n) is 2.66. The molecule has 0 radical (unpaired) electrons. The average Bonchev–Trinajstić information content (AvgIpc) is 2.50. The SMILES string of the molecule is Oc1ccc(Cl)cc1/C=N/NC(=S)NCc1ccccc1. The Morgan fingerprint density at radius 3 is 2.76 bits per heavy atom. The van der Waals surface area contributed by atoms with Crippen molar-refractivity contribution in [2.75, 3.05) is 0 Å². The van der Waals surface area contributed by atoms with Gasteiger partial charge in [-0.25, -0.2) is 0 Å². The second-order valence-electron chi connectivity index (χ2n) is 4.24. The Labute approximate surface area is 133 Å². The molecule has 0 aliphatic heterocycles. The van der Waals surface area contributed by atoms with Crippen LogP contribution in [-0.4, -0.2) is 16.4 Å². The summed E-state index contributed by atoms with van der Waals surface area (Å²) in [4.78, 5) is 0. The zero-order valence-electron chi connectivity index (χ0n) is 11.1. The molecule has 0 fully saturated rings. The number of phenols is 1. The highest BCUT2D eigenvalue weighted by Crippen LogP contribution is 2.19. The number of aromatic hydroxyl groups is 1. The lowest BCUT2D eigenvalue weighted by atomic mass is 10.2. The summed E-state index contributed by atoms with van der Waals surface area (Å²) in [5.74, 6) is 0.105. The van der Waals surface area contributed by atoms with Crippen LogP contribution in [0.3, 0.4) is 0 Å². The van der Waals surface area contributed by atoms with Gasteiger partial charge in [0.1, 0.15) is 5.75 Å². The van der Waals surface area contributed by atoms with Crippen molar-refractivity contribution in [1.29, 1.82) is 0 Å². The Morgan fingerprint density at radius 1 is 1.24 bits per heavy atom. The Balaban J connectivity index is 1.83. The van der Waals surface area contributed by atoms with Crippen molar-refractivity contribution in [2.24, 2.45) is 5.10 Å². The smallest absolute Gasteiger partial charge is 0.187 e. The van der Waals surface area contributed by atoms with Crippen LogP contribution < -0.4 is 10.7 Å². The van der Waals surface area contributed by atoms with Gasteiger partial charge in [0.15, 0.2) is 5.11 Å². The maximum atomic E-state index is 9.63. The van der Waals surface area contributed by atoms with Crippen LogP contribution in [0.15, 0.2) is 53.6 Å². The lowest BCUT2D eigenvalue weighted by Gasteiger charge is -2.06. The van der Waals surface area contributed by atoms with E-state index >= 15 is 0 Å². The summed E-state index contributed by atoms with van der Waals surface area (Å²) in [6, 6.07) is 14.6. The maximum absolute atomic E-state index is 9.63. The zero-order chi connectivity index (χ0) is 15.1. The zero-order valence-corrected chi connectivity index (χ0v) is 12.7. The lowest BCUT2D eigenvalue weighted by molar-refractivity contribution is 0.474. The van der Waals surface area contributed by atoms with Crippen LogP contribution in [0.4, 0.5) is 0 Å². The average molecular weight is 320 g/mol. The minimum atomic E-state index is 0.105. The number of hydrazone groups is 1. The predicted octanol–water partition coefficient (Wildman–Crippen LogP) is 3.04. The molecule has 0 bridgehead atoms. The van der Waals surface area contributed by atoms with E-state index in [4.69, 9.17) is 23.8 Å². The van der Waals surface area contributed by atoms with Crippen LogP contribution in [-0.2, 0) is 6.54 Å². The molecule has 0 atom stereocenters. The fraction of sp³-hybridized carbons (Fsp3) is 0.0667. The van der Waals surface area contributed by atoms with E-state index in [1.807, 2.05) is 30.3 Å². The van der Waals surface area contributed by atoms with Crippen molar-refractivity contribution in [2.45, 2.75) is 6.54 Å². The van der Waals surface area contributed by atoms with Gasteiger partial charge in [0, 0.05) is 17.1 Å². The molecule has 4 nitrogen and oxygen atoms in total. The maximum Gasteiger partial charge on any atom is 0.187 e. The van der Waals surface area contributed by atoms with E-state index in [0.29, 0.717) is 22.2 Å². The lowest BCUT2D eigenvalue weighted by Crippen LogP contribution is -2.31. The number of hydrogen-bond acceptors (Lipinski definition) is 3. The second kappa shape index (κ2) is 7.61. The van der Waals surface area contributed by atoms with Crippen molar-refractivity contribution < 1.29 is 5.11 Å². The Kier molecular flexibility index (Phi) is 5.54. The number of halogens is 1. The molecule has 0 aromatic heterocycles. The van der Waals surface area contributed by atoms with Crippen LogP contribution in [0.1, 0.15) is 11.1 Å². The van der Waals surface area contributed by atoms with Gasteiger partial charge in [0.25, 0.3) is 0 Å². The number of hydrogen-bond donors (Lipinski definition) is 3. The van der Waals surface area contributed by atoms with E-state index in [9.17, 15) is 5.11 Å². The number of nitrogens with zero attached hydrogens (tertiary/aromatic N) is 1. The largest absolute Gasteiger partial charge is 0.507 e. The summed E-state index contributed by atoms with van der Waals surface area (Å²) >= 11 is 10.9. The van der Waals surface area contributed by atoms with Crippen LogP contribution in [0.25, 0.3) is 0 Å². The normalized spacial score (nSPS) is 10.5. The van der Waals surface area contributed by atoms with Gasteiger partial charge in [-0.1, -0.05) is 41.9 Å². The third-order valence-corrected chi connectivity index (χ3v) is 3.13. The first kappa shape index (κ1) is 15.3. The molecule has 6 heteroatoms. The van der Waals surface area contributed by atoms with E-state index in [2.05, 4.69) is 15.8 Å². The number of thiocarbonyl (C=S) groups is 1. The number of benzene rings is 2. The molecule has 21 heavy (non-hydrogen) atoms. The van der Waals surface area contributed by atoms with Crippen LogP contribution >= 0.6 is 23.8 Å². The second-order valence-corrected chi connectivity index (χ2v) is 5.09. The molecule has 0 saturated carbocycles. The third kappa shape index (κ3) is 5.06. The molecule has 0 amide bonds. The fourth-order valence-corrected chi connectivity index (χ4v) is 1.91. The summed E-state index contributed by atoms with van der Waals surface area (Å²) in [6.07, 6.45) is 1.46. The molecule has 2 aromatic rings. The van der Waals surface area contributed by atoms with Crippen LogP contribution in [0.2, 0.25) is 5.02 Å².